The molecule has 0 fully saturated rings. The first kappa shape index (κ1) is 9.91. The van der Waals surface area contributed by atoms with Crippen LogP contribution < -0.4 is 5.32 Å². The van der Waals surface area contributed by atoms with Gasteiger partial charge in [-0.2, -0.15) is 0 Å². The van der Waals surface area contributed by atoms with E-state index < -0.39 is 0 Å². The van der Waals surface area contributed by atoms with Crippen molar-refractivity contribution in [1.29, 1.82) is 0 Å². The van der Waals surface area contributed by atoms with E-state index >= 15 is 0 Å². The predicted molar refractivity (Wildman–Crippen MR) is 64.0 cm³/mol. The summed E-state index contributed by atoms with van der Waals surface area (Å²) in [5.74, 6) is -0.221. The average molecular weight is 245 g/mol. The topological polar surface area (TPSA) is 83.6 Å². The third kappa shape index (κ3) is 1.76. The van der Waals surface area contributed by atoms with Crippen LogP contribution in [-0.2, 0) is 0 Å². The van der Waals surface area contributed by atoms with Crippen LogP contribution in [0.15, 0.2) is 30.5 Å². The summed E-state index contributed by atoms with van der Waals surface area (Å²) < 4.78 is 3.58. The molecule has 0 aliphatic carbocycles. The molecule has 1 amide bonds. The molecular weight excluding hydrogens is 238 g/mol. The lowest BCUT2D eigenvalue weighted by Gasteiger charge is -1.98. The summed E-state index contributed by atoms with van der Waals surface area (Å²) >= 11 is 1.04. The molecule has 0 bridgehead atoms. The van der Waals surface area contributed by atoms with Gasteiger partial charge in [0.1, 0.15) is 0 Å². The van der Waals surface area contributed by atoms with Crippen molar-refractivity contribution in [2.45, 2.75) is 0 Å². The first-order valence-corrected chi connectivity index (χ1v) is 5.64. The summed E-state index contributed by atoms with van der Waals surface area (Å²) in [6, 6.07) is 7.60. The van der Waals surface area contributed by atoms with Crippen molar-refractivity contribution in [3.63, 3.8) is 0 Å². The molecule has 0 saturated heterocycles. The standard InChI is InChI=1S/C10H7N5OS/c16-9(12-10-13-14-15-17-10)7-5-11-8-4-2-1-3-6(7)8/h1-5,11H,(H,12,13,15,16). The van der Waals surface area contributed by atoms with E-state index in [0.717, 1.165) is 22.4 Å². The van der Waals surface area contributed by atoms with E-state index in [1.807, 2.05) is 24.3 Å². The largest absolute Gasteiger partial charge is 0.360 e. The molecule has 0 aliphatic rings. The first-order chi connectivity index (χ1) is 8.34. The summed E-state index contributed by atoms with van der Waals surface area (Å²) in [5, 5.41) is 11.0. The molecule has 0 saturated carbocycles. The van der Waals surface area contributed by atoms with Gasteiger partial charge in [0.2, 0.25) is 5.13 Å². The number of aromatic nitrogens is 4. The third-order valence-corrected chi connectivity index (χ3v) is 2.87. The molecule has 0 spiro atoms. The summed E-state index contributed by atoms with van der Waals surface area (Å²) in [6.07, 6.45) is 1.68. The van der Waals surface area contributed by atoms with Crippen LogP contribution in [-0.4, -0.2) is 25.7 Å². The monoisotopic (exact) mass is 245 g/mol. The number of H-pyrrole nitrogens is 1. The van der Waals surface area contributed by atoms with E-state index in [2.05, 4.69) is 25.1 Å². The molecule has 17 heavy (non-hydrogen) atoms. The van der Waals surface area contributed by atoms with Crippen molar-refractivity contribution in [3.8, 4) is 0 Å². The molecule has 2 N–H and O–H groups in total. The minimum Gasteiger partial charge on any atom is -0.360 e. The van der Waals surface area contributed by atoms with Crippen LogP contribution in [0.3, 0.4) is 0 Å². The van der Waals surface area contributed by atoms with Crippen LogP contribution in [0, 0.1) is 0 Å². The minimum atomic E-state index is -0.221. The van der Waals surface area contributed by atoms with Crippen molar-refractivity contribution in [2.75, 3.05) is 5.32 Å². The number of carbonyl (C=O) groups is 1. The van der Waals surface area contributed by atoms with Gasteiger partial charge in [-0.1, -0.05) is 27.8 Å². The lowest BCUT2D eigenvalue weighted by molar-refractivity contribution is 0.102. The number of hydrogen-bond acceptors (Lipinski definition) is 5. The number of rotatable bonds is 2. The lowest BCUT2D eigenvalue weighted by Crippen LogP contribution is -2.11. The normalized spacial score (nSPS) is 10.6. The van der Waals surface area contributed by atoms with E-state index in [1.165, 1.54) is 0 Å². The Balaban J connectivity index is 1.96. The van der Waals surface area contributed by atoms with E-state index in [1.54, 1.807) is 6.20 Å². The molecule has 3 rings (SSSR count). The molecular formula is C10H7N5OS. The number of carbonyl (C=O) groups excluding carboxylic acids is 1. The summed E-state index contributed by atoms with van der Waals surface area (Å²) in [6.45, 7) is 0. The molecule has 0 atom stereocenters. The highest BCUT2D eigenvalue weighted by atomic mass is 32.1. The number of nitrogens with zero attached hydrogens (tertiary/aromatic N) is 3. The average Bonchev–Trinajstić information content (AvgIpc) is 2.96. The summed E-state index contributed by atoms with van der Waals surface area (Å²) in [4.78, 5) is 15.0. The maximum Gasteiger partial charge on any atom is 0.259 e. The molecule has 1 aromatic carbocycles. The Bertz CT molecular complexity index is 660. The van der Waals surface area contributed by atoms with Crippen LogP contribution >= 0.6 is 11.5 Å². The molecule has 6 nitrogen and oxygen atoms in total. The smallest absolute Gasteiger partial charge is 0.259 e. The third-order valence-electron chi connectivity index (χ3n) is 2.35. The molecule has 7 heteroatoms. The number of aromatic amines is 1. The van der Waals surface area contributed by atoms with Gasteiger partial charge in [0, 0.05) is 28.6 Å². The van der Waals surface area contributed by atoms with Crippen molar-refractivity contribution < 1.29 is 4.79 Å². The Hall–Kier alpha value is -2.28. The number of fused-ring (bicyclic) bond motifs is 1. The fraction of sp³-hybridized carbons (Fsp3) is 0. The van der Waals surface area contributed by atoms with Crippen LogP contribution in [0.2, 0.25) is 0 Å². The highest BCUT2D eigenvalue weighted by Gasteiger charge is 2.13. The van der Waals surface area contributed by atoms with Crippen molar-refractivity contribution >= 4 is 33.5 Å². The summed E-state index contributed by atoms with van der Waals surface area (Å²) in [7, 11) is 0. The molecule has 3 aromatic rings. The number of para-hydroxylation sites is 1. The van der Waals surface area contributed by atoms with Gasteiger partial charge in [0.05, 0.1) is 5.56 Å². The quantitative estimate of drug-likeness (QED) is 0.719. The Kier molecular flexibility index (Phi) is 2.30. The van der Waals surface area contributed by atoms with Crippen LogP contribution in [0.25, 0.3) is 10.9 Å². The van der Waals surface area contributed by atoms with E-state index in [0.29, 0.717) is 10.7 Å². The number of benzene rings is 1. The predicted octanol–water partition coefficient (Wildman–Crippen LogP) is 1.67. The van der Waals surface area contributed by atoms with Gasteiger partial charge < -0.3 is 4.98 Å². The van der Waals surface area contributed by atoms with E-state index in [4.69, 9.17) is 0 Å². The highest BCUT2D eigenvalue weighted by molar-refractivity contribution is 7.09. The van der Waals surface area contributed by atoms with Gasteiger partial charge in [-0.25, -0.2) is 0 Å². The second-order valence-corrected chi connectivity index (χ2v) is 4.10. The molecule has 2 heterocycles. The number of hydrogen-bond donors (Lipinski definition) is 2. The van der Waals surface area contributed by atoms with Gasteiger partial charge in [0.15, 0.2) is 0 Å². The fourth-order valence-corrected chi connectivity index (χ4v) is 1.97. The van der Waals surface area contributed by atoms with Gasteiger partial charge in [0.25, 0.3) is 5.91 Å². The molecule has 0 radical (unpaired) electrons. The second kappa shape index (κ2) is 3.95. The van der Waals surface area contributed by atoms with E-state index in [-0.39, 0.29) is 5.91 Å². The Morgan fingerprint density at radius 2 is 2.24 bits per heavy atom. The van der Waals surface area contributed by atoms with Crippen molar-refractivity contribution in [1.82, 2.24) is 19.8 Å². The van der Waals surface area contributed by atoms with Crippen LogP contribution in [0.5, 0.6) is 0 Å². The number of amides is 1. The SMILES string of the molecule is O=C(Nc1nnns1)c1c[nH]c2ccccc12. The number of anilines is 1. The second-order valence-electron chi connectivity index (χ2n) is 3.37. The lowest BCUT2D eigenvalue weighted by atomic mass is 10.2. The zero-order chi connectivity index (χ0) is 11.7. The van der Waals surface area contributed by atoms with Crippen LogP contribution in [0.4, 0.5) is 5.13 Å². The van der Waals surface area contributed by atoms with Gasteiger partial charge >= 0.3 is 0 Å². The zero-order valence-electron chi connectivity index (χ0n) is 8.54. The van der Waals surface area contributed by atoms with Gasteiger partial charge in [-0.15, -0.1) is 0 Å². The molecule has 2 aromatic heterocycles. The first-order valence-electron chi connectivity index (χ1n) is 4.87. The minimum absolute atomic E-state index is 0.221. The zero-order valence-corrected chi connectivity index (χ0v) is 9.36. The summed E-state index contributed by atoms with van der Waals surface area (Å²) in [5.41, 5.74) is 1.50. The van der Waals surface area contributed by atoms with Gasteiger partial charge in [-0.05, 0) is 11.3 Å². The van der Waals surface area contributed by atoms with Crippen molar-refractivity contribution in [3.05, 3.63) is 36.0 Å². The number of nitrogens with one attached hydrogen (secondary N) is 2. The molecule has 0 unspecified atom stereocenters. The van der Waals surface area contributed by atoms with Crippen molar-refractivity contribution in [2.24, 2.45) is 0 Å². The molecule has 0 aliphatic heterocycles. The maximum absolute atomic E-state index is 12.0. The molecule has 84 valence electrons. The van der Waals surface area contributed by atoms with E-state index in [9.17, 15) is 4.79 Å². The van der Waals surface area contributed by atoms with Crippen LogP contribution in [0.1, 0.15) is 10.4 Å². The Labute approximate surface area is 99.8 Å². The van der Waals surface area contributed by atoms with Gasteiger partial charge in [-0.3, -0.25) is 10.1 Å². The maximum atomic E-state index is 12.0. The Morgan fingerprint density at radius 1 is 1.35 bits per heavy atom. The highest BCUT2D eigenvalue weighted by Crippen LogP contribution is 2.19. The Morgan fingerprint density at radius 3 is 3.06 bits per heavy atom. The fourth-order valence-electron chi connectivity index (χ4n) is 1.61.